The van der Waals surface area contributed by atoms with Crippen LogP contribution < -0.4 is 0 Å². The predicted molar refractivity (Wildman–Crippen MR) is 91.2 cm³/mol. The topological polar surface area (TPSA) is 20.2 Å². The summed E-state index contributed by atoms with van der Waals surface area (Å²) in [6, 6.07) is 0. The van der Waals surface area contributed by atoms with Crippen LogP contribution in [0.1, 0.15) is 78.6 Å². The largest absolute Gasteiger partial charge is 0.393 e. The molecule has 4 atom stereocenters. The van der Waals surface area contributed by atoms with Crippen molar-refractivity contribution in [2.75, 3.05) is 0 Å². The molecule has 0 aliphatic heterocycles. The predicted octanol–water partition coefficient (Wildman–Crippen LogP) is 5.58. The Morgan fingerprint density at radius 2 is 1.81 bits per heavy atom. The molecule has 0 aromatic carbocycles. The Labute approximate surface area is 132 Å². The number of hydrogen-bond donors (Lipinski definition) is 1. The summed E-state index contributed by atoms with van der Waals surface area (Å²) in [5.41, 5.74) is 0. The summed E-state index contributed by atoms with van der Waals surface area (Å²) in [4.78, 5) is 0. The summed E-state index contributed by atoms with van der Waals surface area (Å²) in [6.45, 7) is 6.60. The minimum atomic E-state index is -0.179. The molecule has 0 amide bonds. The van der Waals surface area contributed by atoms with Gasteiger partial charge < -0.3 is 5.11 Å². The standard InChI is InChI=1S/C20H36O/c1-4-6-7-19-14-18(15(3)21)12-13-20(19)17-10-8-16(5-2)9-11-17/h12-13,15-21H,4-11,14H2,1-3H3/t15?,16?,17?,18?,19-,20?/m0/s1. The van der Waals surface area contributed by atoms with E-state index in [1.807, 2.05) is 6.92 Å². The van der Waals surface area contributed by atoms with Crippen LogP contribution in [0.3, 0.4) is 0 Å². The Balaban J connectivity index is 1.99. The normalized spacial score (nSPS) is 38.4. The highest BCUT2D eigenvalue weighted by atomic mass is 16.3. The van der Waals surface area contributed by atoms with Crippen LogP contribution in [0.15, 0.2) is 12.2 Å². The van der Waals surface area contributed by atoms with Crippen LogP contribution >= 0.6 is 0 Å². The molecular formula is C20H36O. The van der Waals surface area contributed by atoms with Crippen molar-refractivity contribution in [3.05, 3.63) is 12.2 Å². The Hall–Kier alpha value is -0.300. The molecule has 2 rings (SSSR count). The van der Waals surface area contributed by atoms with Gasteiger partial charge in [-0.3, -0.25) is 0 Å². The third kappa shape index (κ3) is 4.58. The van der Waals surface area contributed by atoms with E-state index in [1.54, 1.807) is 0 Å². The molecule has 2 aliphatic carbocycles. The van der Waals surface area contributed by atoms with E-state index in [0.717, 1.165) is 23.7 Å². The second kappa shape index (κ2) is 8.36. The molecule has 1 heteroatoms. The SMILES string of the molecule is CCCC[C@H]1CC(C(C)O)C=CC1C1CCC(CC)CC1. The lowest BCUT2D eigenvalue weighted by Crippen LogP contribution is -2.32. The summed E-state index contributed by atoms with van der Waals surface area (Å²) >= 11 is 0. The van der Waals surface area contributed by atoms with E-state index in [0.29, 0.717) is 5.92 Å². The fourth-order valence-electron chi connectivity index (χ4n) is 4.67. The fourth-order valence-corrected chi connectivity index (χ4v) is 4.67. The fraction of sp³-hybridized carbons (Fsp3) is 0.900. The lowest BCUT2D eigenvalue weighted by atomic mass is 9.65. The van der Waals surface area contributed by atoms with Crippen molar-refractivity contribution in [2.24, 2.45) is 29.6 Å². The summed E-state index contributed by atoms with van der Waals surface area (Å²) in [7, 11) is 0. The van der Waals surface area contributed by atoms with Crippen molar-refractivity contribution in [1.82, 2.24) is 0 Å². The van der Waals surface area contributed by atoms with Gasteiger partial charge in [0.05, 0.1) is 6.10 Å². The molecule has 0 radical (unpaired) electrons. The minimum absolute atomic E-state index is 0.179. The molecule has 0 saturated heterocycles. The van der Waals surface area contributed by atoms with Gasteiger partial charge in [-0.15, -0.1) is 0 Å². The van der Waals surface area contributed by atoms with Gasteiger partial charge in [0, 0.05) is 5.92 Å². The van der Waals surface area contributed by atoms with E-state index in [-0.39, 0.29) is 6.10 Å². The van der Waals surface area contributed by atoms with Gasteiger partial charge >= 0.3 is 0 Å². The zero-order valence-corrected chi connectivity index (χ0v) is 14.4. The van der Waals surface area contributed by atoms with E-state index in [9.17, 15) is 5.11 Å². The van der Waals surface area contributed by atoms with Gasteiger partial charge in [0.25, 0.3) is 0 Å². The summed E-state index contributed by atoms with van der Waals surface area (Å²) in [5, 5.41) is 9.93. The molecule has 0 bridgehead atoms. The maximum Gasteiger partial charge on any atom is 0.0574 e. The van der Waals surface area contributed by atoms with Gasteiger partial charge in [-0.2, -0.15) is 0 Å². The number of allylic oxidation sites excluding steroid dienone is 1. The maximum atomic E-state index is 9.93. The highest BCUT2D eigenvalue weighted by molar-refractivity contribution is 5.05. The quantitative estimate of drug-likeness (QED) is 0.633. The molecule has 3 unspecified atom stereocenters. The molecule has 21 heavy (non-hydrogen) atoms. The first-order valence-electron chi connectivity index (χ1n) is 9.52. The van der Waals surface area contributed by atoms with Crippen LogP contribution in [0.25, 0.3) is 0 Å². The molecule has 1 N–H and O–H groups in total. The smallest absolute Gasteiger partial charge is 0.0574 e. The monoisotopic (exact) mass is 292 g/mol. The van der Waals surface area contributed by atoms with Gasteiger partial charge in [0.2, 0.25) is 0 Å². The highest BCUT2D eigenvalue weighted by Crippen LogP contribution is 2.44. The van der Waals surface area contributed by atoms with Crippen molar-refractivity contribution in [2.45, 2.75) is 84.7 Å². The zero-order chi connectivity index (χ0) is 15.2. The van der Waals surface area contributed by atoms with Crippen molar-refractivity contribution in [3.63, 3.8) is 0 Å². The van der Waals surface area contributed by atoms with Gasteiger partial charge in [-0.1, -0.05) is 58.1 Å². The van der Waals surface area contributed by atoms with Crippen molar-refractivity contribution in [1.29, 1.82) is 0 Å². The van der Waals surface area contributed by atoms with Crippen molar-refractivity contribution in [3.8, 4) is 0 Å². The lowest BCUT2D eigenvalue weighted by molar-refractivity contribution is 0.0969. The second-order valence-corrected chi connectivity index (χ2v) is 7.69. The number of rotatable bonds is 6. The summed E-state index contributed by atoms with van der Waals surface area (Å²) in [6.07, 6.45) is 17.0. The molecule has 0 aromatic heterocycles. The minimum Gasteiger partial charge on any atom is -0.393 e. The Bertz CT molecular complexity index is 312. The summed E-state index contributed by atoms with van der Waals surface area (Å²) < 4.78 is 0. The average molecular weight is 293 g/mol. The van der Waals surface area contributed by atoms with Gasteiger partial charge in [0.15, 0.2) is 0 Å². The molecule has 1 saturated carbocycles. The molecule has 122 valence electrons. The molecule has 0 heterocycles. The molecule has 2 aliphatic rings. The number of hydrogen-bond acceptors (Lipinski definition) is 1. The van der Waals surface area contributed by atoms with Crippen LogP contribution in [0, 0.1) is 29.6 Å². The number of aliphatic hydroxyl groups excluding tert-OH is 1. The first kappa shape index (κ1) is 17.1. The van der Waals surface area contributed by atoms with E-state index < -0.39 is 0 Å². The number of unbranched alkanes of at least 4 members (excludes halogenated alkanes) is 1. The van der Waals surface area contributed by atoms with E-state index in [1.165, 1.54) is 57.8 Å². The second-order valence-electron chi connectivity index (χ2n) is 7.69. The van der Waals surface area contributed by atoms with Crippen molar-refractivity contribution < 1.29 is 5.11 Å². The molecule has 0 aromatic rings. The molecule has 1 fully saturated rings. The zero-order valence-electron chi connectivity index (χ0n) is 14.4. The lowest BCUT2D eigenvalue weighted by Gasteiger charge is -2.40. The first-order valence-corrected chi connectivity index (χ1v) is 9.52. The van der Waals surface area contributed by atoms with Gasteiger partial charge in [0.1, 0.15) is 0 Å². The number of aliphatic hydroxyl groups is 1. The van der Waals surface area contributed by atoms with Gasteiger partial charge in [-0.25, -0.2) is 0 Å². The van der Waals surface area contributed by atoms with E-state index in [4.69, 9.17) is 0 Å². The molecule has 0 spiro atoms. The first-order chi connectivity index (χ1) is 10.2. The Kier molecular flexibility index (Phi) is 6.79. The highest BCUT2D eigenvalue weighted by Gasteiger charge is 2.34. The Morgan fingerprint density at radius 1 is 1.10 bits per heavy atom. The van der Waals surface area contributed by atoms with Crippen LogP contribution in [0.5, 0.6) is 0 Å². The van der Waals surface area contributed by atoms with Crippen LogP contribution in [-0.2, 0) is 0 Å². The third-order valence-electron chi connectivity index (χ3n) is 6.26. The average Bonchev–Trinajstić information content (AvgIpc) is 2.52. The van der Waals surface area contributed by atoms with Crippen LogP contribution in [0.2, 0.25) is 0 Å². The molecular weight excluding hydrogens is 256 g/mol. The molecule has 1 nitrogen and oxygen atoms in total. The summed E-state index contributed by atoms with van der Waals surface area (Å²) in [5.74, 6) is 3.92. The van der Waals surface area contributed by atoms with Crippen LogP contribution in [0.4, 0.5) is 0 Å². The van der Waals surface area contributed by atoms with Gasteiger partial charge in [-0.05, 0) is 56.3 Å². The van der Waals surface area contributed by atoms with E-state index >= 15 is 0 Å². The third-order valence-corrected chi connectivity index (χ3v) is 6.26. The van der Waals surface area contributed by atoms with Crippen molar-refractivity contribution >= 4 is 0 Å². The Morgan fingerprint density at radius 3 is 2.38 bits per heavy atom. The van der Waals surface area contributed by atoms with E-state index in [2.05, 4.69) is 26.0 Å². The van der Waals surface area contributed by atoms with Crippen LogP contribution in [-0.4, -0.2) is 11.2 Å². The maximum absolute atomic E-state index is 9.93.